The fourth-order valence-corrected chi connectivity index (χ4v) is 4.59. The van der Waals surface area contributed by atoms with Gasteiger partial charge in [0.1, 0.15) is 6.04 Å². The molecule has 0 saturated carbocycles. The van der Waals surface area contributed by atoms with Gasteiger partial charge in [0.2, 0.25) is 15.9 Å². The summed E-state index contributed by atoms with van der Waals surface area (Å²) in [5.41, 5.74) is 11.7. The van der Waals surface area contributed by atoms with Crippen molar-refractivity contribution in [2.45, 2.75) is 77.2 Å². The smallest absolute Gasteiger partial charge is 0.241 e. The van der Waals surface area contributed by atoms with Gasteiger partial charge >= 0.3 is 0 Å². The van der Waals surface area contributed by atoms with Gasteiger partial charge in [-0.2, -0.15) is 4.72 Å². The van der Waals surface area contributed by atoms with E-state index in [0.717, 1.165) is 5.56 Å². The second-order valence-corrected chi connectivity index (χ2v) is 10.2. The van der Waals surface area contributed by atoms with Crippen molar-refractivity contribution in [2.24, 2.45) is 22.4 Å². The summed E-state index contributed by atoms with van der Waals surface area (Å²) in [7, 11) is -3.93. The molecule has 1 aromatic carbocycles. The Morgan fingerprint density at radius 3 is 2.18 bits per heavy atom. The quantitative estimate of drug-likeness (QED) is 0.116. The topological polar surface area (TPSA) is 158 Å². The maximum Gasteiger partial charge on any atom is 0.241 e. The number of aryl methyl sites for hydroxylation is 1. The Hall–Kier alpha value is -2.21. The van der Waals surface area contributed by atoms with E-state index < -0.39 is 34.3 Å². The van der Waals surface area contributed by atoms with Crippen molar-refractivity contribution in [3.05, 3.63) is 29.8 Å². The van der Waals surface area contributed by atoms with Gasteiger partial charge in [-0.1, -0.05) is 31.5 Å². The van der Waals surface area contributed by atoms with E-state index in [9.17, 15) is 13.2 Å². The minimum Gasteiger partial charge on any atom is -0.370 e. The number of nitrogens with one attached hydrogen (secondary N) is 2. The van der Waals surface area contributed by atoms with Crippen molar-refractivity contribution >= 4 is 21.9 Å². The highest BCUT2D eigenvalue weighted by Gasteiger charge is 2.31. The molecule has 34 heavy (non-hydrogen) atoms. The van der Waals surface area contributed by atoms with Crippen molar-refractivity contribution in [1.29, 1.82) is 0 Å². The number of nitrogens with zero attached hydrogens (tertiary/aromatic N) is 1. The molecule has 0 unspecified atom stereocenters. The first-order chi connectivity index (χ1) is 16.0. The standard InChI is InChI=1S/C23H41N5O5S/c1-6-32-22(33-7-2)20(15-16(3)4)27-21(29)19(9-8-14-26-23(24)25)28-34(30,31)18-12-10-17(5)11-13-18/h10-13,16,19-20,22,28H,6-9,14-15H2,1-5H3,(H,27,29)(H4,24,25,26)/t19-,20-/m0/s1. The highest BCUT2D eigenvalue weighted by atomic mass is 32.2. The number of nitrogens with two attached hydrogens (primary N) is 2. The van der Waals surface area contributed by atoms with Crippen LogP contribution in [0.5, 0.6) is 0 Å². The second kappa shape index (κ2) is 14.9. The normalized spacial score (nSPS) is 13.6. The van der Waals surface area contributed by atoms with Crippen molar-refractivity contribution in [3.63, 3.8) is 0 Å². The minimum absolute atomic E-state index is 0.0606. The van der Waals surface area contributed by atoms with Crippen molar-refractivity contribution in [2.75, 3.05) is 19.8 Å². The van der Waals surface area contributed by atoms with Crippen LogP contribution in [0.3, 0.4) is 0 Å². The van der Waals surface area contributed by atoms with E-state index in [1.54, 1.807) is 12.1 Å². The molecule has 11 heteroatoms. The van der Waals surface area contributed by atoms with Gasteiger partial charge in [-0.3, -0.25) is 9.79 Å². The van der Waals surface area contributed by atoms with E-state index in [1.165, 1.54) is 12.1 Å². The van der Waals surface area contributed by atoms with E-state index in [-0.39, 0.29) is 29.7 Å². The number of carbonyl (C=O) groups is 1. The van der Waals surface area contributed by atoms with Gasteiger partial charge in [-0.25, -0.2) is 8.42 Å². The summed E-state index contributed by atoms with van der Waals surface area (Å²) in [6.07, 6.45) is 0.566. The Balaban J connectivity index is 3.12. The zero-order chi connectivity index (χ0) is 25.7. The van der Waals surface area contributed by atoms with E-state index in [4.69, 9.17) is 20.9 Å². The van der Waals surface area contributed by atoms with Crippen LogP contribution in [-0.2, 0) is 24.3 Å². The van der Waals surface area contributed by atoms with Gasteiger partial charge in [-0.15, -0.1) is 0 Å². The summed E-state index contributed by atoms with van der Waals surface area (Å²) in [6.45, 7) is 10.7. The molecule has 0 aliphatic carbocycles. The third-order valence-corrected chi connectivity index (χ3v) is 6.42. The lowest BCUT2D eigenvalue weighted by Crippen LogP contribution is -2.53. The molecule has 10 nitrogen and oxygen atoms in total. The molecule has 0 fully saturated rings. The number of hydrogen-bond acceptors (Lipinski definition) is 6. The molecule has 2 atom stereocenters. The Bertz CT molecular complexity index is 864. The first kappa shape index (κ1) is 29.8. The van der Waals surface area contributed by atoms with E-state index in [2.05, 4.69) is 15.0 Å². The maximum atomic E-state index is 13.3. The monoisotopic (exact) mass is 499 g/mol. The first-order valence-electron chi connectivity index (χ1n) is 11.7. The Morgan fingerprint density at radius 2 is 1.68 bits per heavy atom. The Labute approximate surface area is 203 Å². The van der Waals surface area contributed by atoms with Crippen LogP contribution in [0.4, 0.5) is 0 Å². The molecule has 6 N–H and O–H groups in total. The van der Waals surface area contributed by atoms with Gasteiger partial charge in [0.05, 0.1) is 10.9 Å². The summed E-state index contributed by atoms with van der Waals surface area (Å²) in [6, 6.07) is 4.95. The number of rotatable bonds is 16. The van der Waals surface area contributed by atoms with Crippen LogP contribution in [0.15, 0.2) is 34.2 Å². The molecule has 0 aliphatic heterocycles. The Morgan fingerprint density at radius 1 is 1.09 bits per heavy atom. The highest BCUT2D eigenvalue weighted by Crippen LogP contribution is 2.15. The molecule has 0 aliphatic rings. The number of ether oxygens (including phenoxy) is 2. The number of guanidine groups is 1. The molecule has 0 saturated heterocycles. The average molecular weight is 500 g/mol. The molecule has 0 radical (unpaired) electrons. The van der Waals surface area contributed by atoms with Crippen LogP contribution in [0.25, 0.3) is 0 Å². The predicted molar refractivity (Wildman–Crippen MR) is 134 cm³/mol. The number of carbonyl (C=O) groups excluding carboxylic acids is 1. The molecule has 0 aromatic heterocycles. The molecule has 194 valence electrons. The van der Waals surface area contributed by atoms with Gasteiger partial charge in [0.25, 0.3) is 0 Å². The van der Waals surface area contributed by atoms with Crippen LogP contribution < -0.4 is 21.5 Å². The molecule has 1 amide bonds. The maximum absolute atomic E-state index is 13.3. The number of amides is 1. The van der Waals surface area contributed by atoms with Gasteiger partial charge in [-0.05, 0) is 58.1 Å². The Kier molecular flexibility index (Phi) is 13.1. The lowest BCUT2D eigenvalue weighted by Gasteiger charge is -2.30. The molecule has 0 heterocycles. The molecule has 1 aromatic rings. The molecule has 1 rings (SSSR count). The molecular formula is C23H41N5O5S. The van der Waals surface area contributed by atoms with Crippen molar-refractivity contribution < 1.29 is 22.7 Å². The van der Waals surface area contributed by atoms with Crippen LogP contribution >= 0.6 is 0 Å². The SMILES string of the molecule is CCOC(OCC)[C@H](CC(C)C)NC(=O)[C@H](CCCN=C(N)N)NS(=O)(=O)c1ccc(C)cc1. The van der Waals surface area contributed by atoms with Crippen LogP contribution in [0.1, 0.15) is 52.5 Å². The van der Waals surface area contributed by atoms with E-state index >= 15 is 0 Å². The highest BCUT2D eigenvalue weighted by molar-refractivity contribution is 7.89. The summed E-state index contributed by atoms with van der Waals surface area (Å²) in [4.78, 5) is 17.3. The van der Waals surface area contributed by atoms with Gasteiger partial charge in [0, 0.05) is 19.8 Å². The number of hydrogen-bond donors (Lipinski definition) is 4. The lowest BCUT2D eigenvalue weighted by atomic mass is 10.0. The van der Waals surface area contributed by atoms with Gasteiger partial charge < -0.3 is 26.3 Å². The summed E-state index contributed by atoms with van der Waals surface area (Å²) in [5.74, 6) is -0.275. The average Bonchev–Trinajstić information content (AvgIpc) is 2.75. The summed E-state index contributed by atoms with van der Waals surface area (Å²) in [5, 5.41) is 2.95. The van der Waals surface area contributed by atoms with E-state index in [0.29, 0.717) is 26.1 Å². The van der Waals surface area contributed by atoms with Crippen molar-refractivity contribution in [1.82, 2.24) is 10.0 Å². The fourth-order valence-electron chi connectivity index (χ4n) is 3.36. The summed E-state index contributed by atoms with van der Waals surface area (Å²) >= 11 is 0. The minimum atomic E-state index is -3.93. The molecule has 0 spiro atoms. The van der Waals surface area contributed by atoms with Crippen molar-refractivity contribution in [3.8, 4) is 0 Å². The number of benzene rings is 1. The van der Waals surface area contributed by atoms with Crippen LogP contribution in [0.2, 0.25) is 0 Å². The number of sulfonamides is 1. The second-order valence-electron chi connectivity index (χ2n) is 8.46. The largest absolute Gasteiger partial charge is 0.370 e. The zero-order valence-corrected chi connectivity index (χ0v) is 21.7. The zero-order valence-electron chi connectivity index (χ0n) is 20.9. The number of aliphatic imine (C=N–C) groups is 1. The molecular weight excluding hydrogens is 458 g/mol. The fraction of sp³-hybridized carbons (Fsp3) is 0.652. The van der Waals surface area contributed by atoms with Gasteiger partial charge in [0.15, 0.2) is 12.2 Å². The molecule has 0 bridgehead atoms. The summed E-state index contributed by atoms with van der Waals surface area (Å²) < 4.78 is 40.0. The lowest BCUT2D eigenvalue weighted by molar-refractivity contribution is -0.161. The van der Waals surface area contributed by atoms with E-state index in [1.807, 2.05) is 34.6 Å². The predicted octanol–water partition coefficient (Wildman–Crippen LogP) is 1.63. The third kappa shape index (κ3) is 10.8. The van der Waals surface area contributed by atoms with Crippen LogP contribution in [0, 0.1) is 12.8 Å². The third-order valence-electron chi connectivity index (χ3n) is 4.93. The van der Waals surface area contributed by atoms with Crippen LogP contribution in [-0.4, -0.2) is 58.4 Å². The first-order valence-corrected chi connectivity index (χ1v) is 13.2.